The molecule has 2 unspecified atom stereocenters. The van der Waals surface area contributed by atoms with Gasteiger partial charge in [0, 0.05) is 18.4 Å². The van der Waals surface area contributed by atoms with Gasteiger partial charge in [-0.25, -0.2) is 0 Å². The van der Waals surface area contributed by atoms with Crippen LogP contribution in [0.25, 0.3) is 10.4 Å². The predicted molar refractivity (Wildman–Crippen MR) is 65.3 cm³/mol. The molecule has 0 aromatic heterocycles. The van der Waals surface area contributed by atoms with E-state index in [0.29, 0.717) is 0 Å². The second-order valence-electron chi connectivity index (χ2n) is 4.26. The minimum atomic E-state index is -1.35. The first-order chi connectivity index (χ1) is 9.51. The van der Waals surface area contributed by atoms with Crippen LogP contribution < -0.4 is 5.32 Å². The number of carbonyl (C=O) groups is 1. The standard InChI is InChI=1S/C10H18N4O6/c1-5(16)13-7-9(18)8(17)6(4-15)20-10(7)19-3-2-12-14-11/h6-10,15,17-18H,2-4H2,1H3,(H,13,16)/t6?,7?,8-,9-,10-/m1/s1. The minimum absolute atomic E-state index is 0.00573. The number of nitrogens with zero attached hydrogens (tertiary/aromatic N) is 3. The Morgan fingerprint density at radius 2 is 2.20 bits per heavy atom. The molecule has 0 aliphatic carbocycles. The van der Waals surface area contributed by atoms with Crippen LogP contribution >= 0.6 is 0 Å². The Kier molecular flexibility index (Phi) is 6.65. The Labute approximate surface area is 114 Å². The van der Waals surface area contributed by atoms with Gasteiger partial charge < -0.3 is 30.1 Å². The smallest absolute Gasteiger partial charge is 0.217 e. The lowest BCUT2D eigenvalue weighted by Crippen LogP contribution is -2.64. The Hall–Kier alpha value is -1.42. The van der Waals surface area contributed by atoms with Crippen molar-refractivity contribution in [2.45, 2.75) is 37.6 Å². The van der Waals surface area contributed by atoms with Gasteiger partial charge in [-0.2, -0.15) is 0 Å². The van der Waals surface area contributed by atoms with Gasteiger partial charge in [0.05, 0.1) is 13.2 Å². The van der Waals surface area contributed by atoms with Crippen molar-refractivity contribution in [2.75, 3.05) is 19.8 Å². The Morgan fingerprint density at radius 3 is 2.75 bits per heavy atom. The molecule has 10 nitrogen and oxygen atoms in total. The summed E-state index contributed by atoms with van der Waals surface area (Å²) in [6.45, 7) is 0.785. The van der Waals surface area contributed by atoms with Gasteiger partial charge in [-0.1, -0.05) is 5.11 Å². The molecule has 1 heterocycles. The van der Waals surface area contributed by atoms with Crippen molar-refractivity contribution in [3.63, 3.8) is 0 Å². The van der Waals surface area contributed by atoms with Gasteiger partial charge in [0.15, 0.2) is 6.29 Å². The van der Waals surface area contributed by atoms with Crippen LogP contribution in [-0.4, -0.2) is 71.6 Å². The van der Waals surface area contributed by atoms with Crippen LogP contribution in [-0.2, 0) is 14.3 Å². The third kappa shape index (κ3) is 4.30. The number of azide groups is 1. The van der Waals surface area contributed by atoms with E-state index in [9.17, 15) is 15.0 Å². The third-order valence-corrected chi connectivity index (χ3v) is 2.79. The first-order valence-electron chi connectivity index (χ1n) is 6.03. The lowest BCUT2D eigenvalue weighted by atomic mass is 9.97. The van der Waals surface area contributed by atoms with Crippen molar-refractivity contribution in [3.8, 4) is 0 Å². The Morgan fingerprint density at radius 1 is 1.50 bits per heavy atom. The fraction of sp³-hybridized carbons (Fsp3) is 0.900. The van der Waals surface area contributed by atoms with Crippen LogP contribution in [0, 0.1) is 0 Å². The molecule has 5 atom stereocenters. The molecule has 1 fully saturated rings. The molecule has 1 aliphatic rings. The molecule has 4 N–H and O–H groups in total. The summed E-state index contributed by atoms with van der Waals surface area (Å²) in [4.78, 5) is 13.7. The van der Waals surface area contributed by atoms with E-state index in [1.807, 2.05) is 0 Å². The van der Waals surface area contributed by atoms with E-state index in [-0.39, 0.29) is 13.2 Å². The fourth-order valence-corrected chi connectivity index (χ4v) is 1.87. The molecule has 0 aromatic rings. The van der Waals surface area contributed by atoms with Gasteiger partial charge >= 0.3 is 0 Å². The highest BCUT2D eigenvalue weighted by Crippen LogP contribution is 2.22. The van der Waals surface area contributed by atoms with Crippen LogP contribution in [0.2, 0.25) is 0 Å². The van der Waals surface area contributed by atoms with Crippen molar-refractivity contribution >= 4 is 5.91 Å². The highest BCUT2D eigenvalue weighted by atomic mass is 16.7. The topological polar surface area (TPSA) is 157 Å². The molecule has 1 aliphatic heterocycles. The molecule has 0 aromatic carbocycles. The van der Waals surface area contributed by atoms with Gasteiger partial charge in [0.25, 0.3) is 0 Å². The molecular formula is C10H18N4O6. The molecule has 0 radical (unpaired) electrons. The van der Waals surface area contributed by atoms with Crippen LogP contribution in [0.15, 0.2) is 5.11 Å². The minimum Gasteiger partial charge on any atom is -0.394 e. The zero-order chi connectivity index (χ0) is 15.1. The number of aliphatic hydroxyl groups excluding tert-OH is 3. The maximum absolute atomic E-state index is 11.1. The summed E-state index contributed by atoms with van der Waals surface area (Å²) in [7, 11) is 0. The normalized spacial score (nSPS) is 33.3. The Bertz CT molecular complexity index is 375. The number of nitrogens with one attached hydrogen (secondary N) is 1. The van der Waals surface area contributed by atoms with Crippen molar-refractivity contribution in [3.05, 3.63) is 10.4 Å². The van der Waals surface area contributed by atoms with E-state index in [0.717, 1.165) is 0 Å². The molecule has 20 heavy (non-hydrogen) atoms. The predicted octanol–water partition coefficient (Wildman–Crippen LogP) is -1.74. The molecule has 10 heteroatoms. The highest BCUT2D eigenvalue weighted by molar-refractivity contribution is 5.73. The molecule has 0 bridgehead atoms. The first-order valence-corrected chi connectivity index (χ1v) is 6.03. The second-order valence-corrected chi connectivity index (χ2v) is 4.26. The lowest BCUT2D eigenvalue weighted by molar-refractivity contribution is -0.269. The summed E-state index contributed by atoms with van der Waals surface area (Å²) in [5, 5.41) is 34.4. The van der Waals surface area contributed by atoms with Crippen LogP contribution in [0.1, 0.15) is 6.92 Å². The fourth-order valence-electron chi connectivity index (χ4n) is 1.87. The van der Waals surface area contributed by atoms with E-state index in [1.54, 1.807) is 0 Å². The molecule has 0 saturated carbocycles. The molecule has 1 rings (SSSR count). The molecule has 1 amide bonds. The summed E-state index contributed by atoms with van der Waals surface area (Å²) in [6, 6.07) is -0.989. The number of ether oxygens (including phenoxy) is 2. The van der Waals surface area contributed by atoms with E-state index < -0.39 is 43.2 Å². The van der Waals surface area contributed by atoms with E-state index in [2.05, 4.69) is 15.3 Å². The number of carbonyl (C=O) groups excluding carboxylic acids is 1. The number of aliphatic hydroxyl groups is 3. The van der Waals surface area contributed by atoms with Gasteiger partial charge in [0.2, 0.25) is 5.91 Å². The van der Waals surface area contributed by atoms with Crippen LogP contribution in [0.5, 0.6) is 0 Å². The average molecular weight is 290 g/mol. The second kappa shape index (κ2) is 8.00. The first kappa shape index (κ1) is 16.6. The molecule has 114 valence electrons. The van der Waals surface area contributed by atoms with Crippen molar-refractivity contribution in [2.24, 2.45) is 5.11 Å². The summed E-state index contributed by atoms with van der Waals surface area (Å²) >= 11 is 0. The van der Waals surface area contributed by atoms with Crippen molar-refractivity contribution in [1.29, 1.82) is 0 Å². The summed E-state index contributed by atoms with van der Waals surface area (Å²) in [5.41, 5.74) is 8.14. The number of hydrogen-bond acceptors (Lipinski definition) is 7. The zero-order valence-electron chi connectivity index (χ0n) is 10.9. The molecule has 1 saturated heterocycles. The molecule has 0 spiro atoms. The molecular weight excluding hydrogens is 272 g/mol. The number of amides is 1. The van der Waals surface area contributed by atoms with Gasteiger partial charge in [-0.15, -0.1) is 0 Å². The SMILES string of the molecule is CC(=O)NC1[C@H](OCCN=[N+]=[N-])OC(CO)[C@@H](O)[C@@H]1O. The number of hydrogen-bond donors (Lipinski definition) is 4. The third-order valence-electron chi connectivity index (χ3n) is 2.79. The highest BCUT2D eigenvalue weighted by Gasteiger charge is 2.45. The lowest BCUT2D eigenvalue weighted by Gasteiger charge is -2.42. The van der Waals surface area contributed by atoms with E-state index in [1.165, 1.54) is 6.92 Å². The monoisotopic (exact) mass is 290 g/mol. The quantitative estimate of drug-likeness (QED) is 0.197. The van der Waals surface area contributed by atoms with Gasteiger partial charge in [0.1, 0.15) is 24.4 Å². The summed E-state index contributed by atoms with van der Waals surface area (Å²) in [5.74, 6) is -0.434. The van der Waals surface area contributed by atoms with Crippen LogP contribution in [0.4, 0.5) is 0 Å². The largest absolute Gasteiger partial charge is 0.394 e. The van der Waals surface area contributed by atoms with E-state index in [4.69, 9.17) is 20.1 Å². The van der Waals surface area contributed by atoms with Crippen molar-refractivity contribution < 1.29 is 29.6 Å². The Balaban J connectivity index is 2.72. The summed E-state index contributed by atoms with van der Waals surface area (Å²) in [6.07, 6.45) is -4.80. The maximum atomic E-state index is 11.1. The number of rotatable bonds is 6. The van der Waals surface area contributed by atoms with E-state index >= 15 is 0 Å². The summed E-state index contributed by atoms with van der Waals surface area (Å²) < 4.78 is 10.5. The van der Waals surface area contributed by atoms with Gasteiger partial charge in [-0.3, -0.25) is 4.79 Å². The average Bonchev–Trinajstić information content (AvgIpc) is 2.41. The maximum Gasteiger partial charge on any atom is 0.217 e. The van der Waals surface area contributed by atoms with Crippen molar-refractivity contribution in [1.82, 2.24) is 5.32 Å². The zero-order valence-corrected chi connectivity index (χ0v) is 10.9. The van der Waals surface area contributed by atoms with Crippen LogP contribution in [0.3, 0.4) is 0 Å². The van der Waals surface area contributed by atoms with Gasteiger partial charge in [-0.05, 0) is 5.53 Å².